The minimum atomic E-state index is -0.669. The van der Waals surface area contributed by atoms with Crippen LogP contribution in [0.4, 0.5) is 5.82 Å². The van der Waals surface area contributed by atoms with Gasteiger partial charge in [0.1, 0.15) is 5.82 Å². The molecule has 1 aliphatic rings. The van der Waals surface area contributed by atoms with Gasteiger partial charge < -0.3 is 10.4 Å². The molecule has 0 unspecified atom stereocenters. The Balaban J connectivity index is 1.33. The first-order valence-corrected chi connectivity index (χ1v) is 11.1. The van der Waals surface area contributed by atoms with Crippen LogP contribution >= 0.6 is 0 Å². The molecule has 2 aromatic carbocycles. The van der Waals surface area contributed by atoms with Crippen LogP contribution in [0.1, 0.15) is 54.7 Å². The molecule has 2 N–H and O–H groups in total. The maximum absolute atomic E-state index is 10.9. The fourth-order valence-electron chi connectivity index (χ4n) is 4.58. The first-order valence-electron chi connectivity index (χ1n) is 11.1. The van der Waals surface area contributed by atoms with Gasteiger partial charge in [-0.2, -0.15) is 0 Å². The fraction of sp³-hybridized carbons (Fsp3) is 0.333. The second-order valence-electron chi connectivity index (χ2n) is 8.71. The highest BCUT2D eigenvalue weighted by molar-refractivity contribution is 5.67. The highest BCUT2D eigenvalue weighted by Crippen LogP contribution is 2.37. The predicted octanol–water partition coefficient (Wildman–Crippen LogP) is 6.42. The number of aromatic nitrogens is 1. The average Bonchev–Trinajstić information content (AvgIpc) is 2.78. The molecule has 3 aromatic rings. The number of hydrogen-bond donors (Lipinski definition) is 2. The van der Waals surface area contributed by atoms with E-state index in [1.165, 1.54) is 22.3 Å². The van der Waals surface area contributed by atoms with E-state index in [0.29, 0.717) is 18.3 Å². The van der Waals surface area contributed by atoms with Gasteiger partial charge in [0.05, 0.1) is 0 Å². The zero-order valence-electron chi connectivity index (χ0n) is 18.1. The van der Waals surface area contributed by atoms with Crippen LogP contribution in [0.15, 0.2) is 66.9 Å². The number of carboxylic acid groups (broad SMARTS) is 1. The molecule has 0 atom stereocenters. The summed E-state index contributed by atoms with van der Waals surface area (Å²) in [5, 5.41) is 12.4. The van der Waals surface area contributed by atoms with Gasteiger partial charge in [-0.25, -0.2) is 4.98 Å². The monoisotopic (exact) mass is 414 g/mol. The number of carbonyl (C=O) groups is 1. The lowest BCUT2D eigenvalue weighted by Gasteiger charge is -2.28. The molecule has 1 saturated carbocycles. The molecule has 1 heterocycles. The Morgan fingerprint density at radius 1 is 1.00 bits per heavy atom. The molecular formula is C27H30N2O2. The number of carboxylic acids is 1. The number of pyridine rings is 1. The van der Waals surface area contributed by atoms with Gasteiger partial charge in [0.15, 0.2) is 0 Å². The predicted molar refractivity (Wildman–Crippen MR) is 125 cm³/mol. The Kier molecular flexibility index (Phi) is 6.66. The molecule has 4 nitrogen and oxygen atoms in total. The first kappa shape index (κ1) is 21.1. The minimum absolute atomic E-state index is 0.314. The van der Waals surface area contributed by atoms with Crippen molar-refractivity contribution in [2.75, 3.05) is 5.32 Å². The van der Waals surface area contributed by atoms with Crippen LogP contribution in [-0.4, -0.2) is 16.1 Å². The van der Waals surface area contributed by atoms with Gasteiger partial charge in [-0.05, 0) is 73.3 Å². The molecule has 0 spiro atoms. The van der Waals surface area contributed by atoms with E-state index in [9.17, 15) is 4.79 Å². The SMILES string of the molecule is Cc1cccc(CNc2ccc(-c3ccc(C4CCC(CC(=O)O)CC4)cc3)cn2)c1. The van der Waals surface area contributed by atoms with Crippen LogP contribution in [0.25, 0.3) is 11.1 Å². The van der Waals surface area contributed by atoms with Gasteiger partial charge in [0, 0.05) is 24.7 Å². The summed E-state index contributed by atoms with van der Waals surface area (Å²) in [4.78, 5) is 15.5. The van der Waals surface area contributed by atoms with E-state index >= 15 is 0 Å². The number of nitrogens with one attached hydrogen (secondary N) is 1. The summed E-state index contributed by atoms with van der Waals surface area (Å²) in [5.74, 6) is 1.10. The second kappa shape index (κ2) is 9.78. The highest BCUT2D eigenvalue weighted by atomic mass is 16.4. The van der Waals surface area contributed by atoms with Gasteiger partial charge in [-0.1, -0.05) is 54.1 Å². The summed E-state index contributed by atoms with van der Waals surface area (Å²) >= 11 is 0. The molecule has 0 bridgehead atoms. The molecule has 31 heavy (non-hydrogen) atoms. The summed E-state index contributed by atoms with van der Waals surface area (Å²) in [7, 11) is 0. The Morgan fingerprint density at radius 2 is 1.74 bits per heavy atom. The van der Waals surface area contributed by atoms with Crippen molar-refractivity contribution >= 4 is 11.8 Å². The van der Waals surface area contributed by atoms with E-state index in [-0.39, 0.29) is 0 Å². The van der Waals surface area contributed by atoms with Gasteiger partial charge in [-0.3, -0.25) is 4.79 Å². The first-order chi connectivity index (χ1) is 15.1. The molecule has 1 fully saturated rings. The minimum Gasteiger partial charge on any atom is -0.481 e. The molecule has 1 aliphatic carbocycles. The van der Waals surface area contributed by atoms with E-state index in [1.54, 1.807) is 0 Å². The van der Waals surface area contributed by atoms with E-state index in [2.05, 4.69) is 71.8 Å². The normalized spacial score (nSPS) is 18.5. The lowest BCUT2D eigenvalue weighted by molar-refractivity contribution is -0.138. The van der Waals surface area contributed by atoms with E-state index < -0.39 is 5.97 Å². The molecule has 0 amide bonds. The summed E-state index contributed by atoms with van der Waals surface area (Å²) in [5.41, 5.74) is 6.15. The summed E-state index contributed by atoms with van der Waals surface area (Å²) < 4.78 is 0. The maximum atomic E-state index is 10.9. The maximum Gasteiger partial charge on any atom is 0.303 e. The lowest BCUT2D eigenvalue weighted by atomic mass is 9.77. The molecule has 4 heteroatoms. The van der Waals surface area contributed by atoms with E-state index in [0.717, 1.165) is 43.6 Å². The smallest absolute Gasteiger partial charge is 0.303 e. The number of anilines is 1. The molecule has 0 radical (unpaired) electrons. The Bertz CT molecular complexity index is 1000. The summed E-state index contributed by atoms with van der Waals surface area (Å²) in [6, 6.07) is 21.4. The van der Waals surface area contributed by atoms with Crippen molar-refractivity contribution in [2.45, 2.75) is 51.5 Å². The number of aliphatic carboxylic acids is 1. The average molecular weight is 415 g/mol. The van der Waals surface area contributed by atoms with Crippen molar-refractivity contribution in [1.29, 1.82) is 0 Å². The lowest BCUT2D eigenvalue weighted by Crippen LogP contribution is -2.16. The molecule has 4 rings (SSSR count). The standard InChI is InChI=1S/C27H30N2O2/c1-19-3-2-4-21(15-19)17-28-26-14-13-25(18-29-26)24-11-9-23(10-12-24)22-7-5-20(6-8-22)16-27(30)31/h2-4,9-15,18,20,22H,5-8,16-17H2,1H3,(H,28,29)(H,30,31). The Morgan fingerprint density at radius 3 is 2.39 bits per heavy atom. The van der Waals surface area contributed by atoms with Crippen molar-refractivity contribution in [1.82, 2.24) is 4.98 Å². The Labute approximate surface area is 184 Å². The summed E-state index contributed by atoms with van der Waals surface area (Å²) in [6.45, 7) is 2.86. The number of rotatable bonds is 7. The van der Waals surface area contributed by atoms with Gasteiger partial charge >= 0.3 is 5.97 Å². The topological polar surface area (TPSA) is 62.2 Å². The van der Waals surface area contributed by atoms with E-state index in [1.807, 2.05) is 12.3 Å². The van der Waals surface area contributed by atoms with Crippen LogP contribution in [0.5, 0.6) is 0 Å². The number of benzene rings is 2. The van der Waals surface area contributed by atoms with Gasteiger partial charge in [0.2, 0.25) is 0 Å². The molecular weight excluding hydrogens is 384 g/mol. The molecule has 1 aromatic heterocycles. The van der Waals surface area contributed by atoms with Crippen LogP contribution in [0.2, 0.25) is 0 Å². The van der Waals surface area contributed by atoms with Crippen molar-refractivity contribution in [3.63, 3.8) is 0 Å². The highest BCUT2D eigenvalue weighted by Gasteiger charge is 2.23. The van der Waals surface area contributed by atoms with Crippen molar-refractivity contribution in [2.24, 2.45) is 5.92 Å². The number of aryl methyl sites for hydroxylation is 1. The summed E-state index contributed by atoms with van der Waals surface area (Å²) in [6.07, 6.45) is 6.43. The fourth-order valence-corrected chi connectivity index (χ4v) is 4.58. The molecule has 0 saturated heterocycles. The Hall–Kier alpha value is -3.14. The largest absolute Gasteiger partial charge is 0.481 e. The number of nitrogens with zero attached hydrogens (tertiary/aromatic N) is 1. The zero-order chi connectivity index (χ0) is 21.6. The van der Waals surface area contributed by atoms with E-state index in [4.69, 9.17) is 5.11 Å². The number of hydrogen-bond acceptors (Lipinski definition) is 3. The van der Waals surface area contributed by atoms with Crippen LogP contribution < -0.4 is 5.32 Å². The van der Waals surface area contributed by atoms with Crippen LogP contribution in [-0.2, 0) is 11.3 Å². The quantitative estimate of drug-likeness (QED) is 0.468. The third-order valence-electron chi connectivity index (χ3n) is 6.35. The van der Waals surface area contributed by atoms with Crippen molar-refractivity contribution in [3.05, 3.63) is 83.6 Å². The third kappa shape index (κ3) is 5.72. The van der Waals surface area contributed by atoms with Crippen LogP contribution in [0, 0.1) is 12.8 Å². The molecule has 0 aliphatic heterocycles. The van der Waals surface area contributed by atoms with Crippen LogP contribution in [0.3, 0.4) is 0 Å². The van der Waals surface area contributed by atoms with Crippen molar-refractivity contribution in [3.8, 4) is 11.1 Å². The van der Waals surface area contributed by atoms with Crippen molar-refractivity contribution < 1.29 is 9.90 Å². The zero-order valence-corrected chi connectivity index (χ0v) is 18.1. The van der Waals surface area contributed by atoms with Gasteiger partial charge in [0.25, 0.3) is 0 Å². The van der Waals surface area contributed by atoms with Gasteiger partial charge in [-0.15, -0.1) is 0 Å². The molecule has 160 valence electrons. The third-order valence-corrected chi connectivity index (χ3v) is 6.35. The second-order valence-corrected chi connectivity index (χ2v) is 8.71.